The van der Waals surface area contributed by atoms with Gasteiger partial charge in [-0.05, 0) is 40.7 Å². The van der Waals surface area contributed by atoms with Crippen LogP contribution in [0.2, 0.25) is 0 Å². The molecule has 2 heterocycles. The molecule has 1 aromatic rings. The number of imide groups is 1. The second-order valence-electron chi connectivity index (χ2n) is 5.85. The van der Waals surface area contributed by atoms with Crippen molar-refractivity contribution < 1.29 is 9.59 Å². The van der Waals surface area contributed by atoms with Crippen LogP contribution in [0, 0.1) is 0 Å². The summed E-state index contributed by atoms with van der Waals surface area (Å²) in [6.07, 6.45) is 0.271. The van der Waals surface area contributed by atoms with E-state index in [0.717, 1.165) is 41.7 Å². The molecule has 3 rings (SSSR count). The van der Waals surface area contributed by atoms with Crippen LogP contribution >= 0.6 is 31.9 Å². The van der Waals surface area contributed by atoms with E-state index < -0.39 is 0 Å². The predicted octanol–water partition coefficient (Wildman–Crippen LogP) is 2.48. The molecule has 1 unspecified atom stereocenters. The molecule has 0 radical (unpaired) electrons. The number of nitrogens with zero attached hydrogens (tertiary/aromatic N) is 3. The Bertz CT molecular complexity index is 630. The first-order valence-electron chi connectivity index (χ1n) is 7.79. The molecule has 0 aromatic heterocycles. The lowest BCUT2D eigenvalue weighted by Gasteiger charge is -2.36. The smallest absolute Gasteiger partial charge is 0.251 e. The van der Waals surface area contributed by atoms with E-state index in [1.165, 1.54) is 4.90 Å². The third-order valence-electron chi connectivity index (χ3n) is 4.57. The van der Waals surface area contributed by atoms with Crippen molar-refractivity contribution >= 4 is 49.4 Å². The van der Waals surface area contributed by atoms with Gasteiger partial charge in [0.2, 0.25) is 5.91 Å². The first kappa shape index (κ1) is 17.1. The highest BCUT2D eigenvalue weighted by molar-refractivity contribution is 9.11. The van der Waals surface area contributed by atoms with E-state index in [1.807, 2.05) is 12.1 Å². The Morgan fingerprint density at radius 1 is 1.13 bits per heavy atom. The first-order chi connectivity index (χ1) is 11.0. The summed E-state index contributed by atoms with van der Waals surface area (Å²) in [6.45, 7) is 6.77. The maximum atomic E-state index is 12.8. The number of anilines is 1. The van der Waals surface area contributed by atoms with Crippen LogP contribution in [0.3, 0.4) is 0 Å². The largest absolute Gasteiger partial charge is 0.301 e. The van der Waals surface area contributed by atoms with Crippen molar-refractivity contribution in [2.75, 3.05) is 37.6 Å². The van der Waals surface area contributed by atoms with Crippen molar-refractivity contribution in [3.63, 3.8) is 0 Å². The van der Waals surface area contributed by atoms with Crippen molar-refractivity contribution in [2.24, 2.45) is 0 Å². The van der Waals surface area contributed by atoms with Gasteiger partial charge < -0.3 is 4.90 Å². The normalized spacial score (nSPS) is 23.8. The fraction of sp³-hybridized carbons (Fsp3) is 0.500. The van der Waals surface area contributed by atoms with Crippen LogP contribution in [-0.2, 0) is 9.59 Å². The van der Waals surface area contributed by atoms with E-state index in [1.54, 1.807) is 6.07 Å². The first-order valence-corrected chi connectivity index (χ1v) is 9.38. The van der Waals surface area contributed by atoms with Crippen molar-refractivity contribution in [1.82, 2.24) is 9.80 Å². The minimum absolute atomic E-state index is 0.108. The van der Waals surface area contributed by atoms with E-state index in [4.69, 9.17) is 0 Å². The monoisotopic (exact) mass is 443 g/mol. The van der Waals surface area contributed by atoms with E-state index in [-0.39, 0.29) is 24.3 Å². The Kier molecular flexibility index (Phi) is 5.20. The molecule has 2 fully saturated rings. The summed E-state index contributed by atoms with van der Waals surface area (Å²) >= 11 is 6.84. The molecular weight excluding hydrogens is 426 g/mol. The van der Waals surface area contributed by atoms with Crippen molar-refractivity contribution in [1.29, 1.82) is 0 Å². The number of likely N-dealkylation sites (N-methyl/N-ethyl adjacent to an activating group) is 1. The Morgan fingerprint density at radius 3 is 2.43 bits per heavy atom. The van der Waals surface area contributed by atoms with Gasteiger partial charge >= 0.3 is 0 Å². The number of carbonyl (C=O) groups excluding carboxylic acids is 2. The molecule has 23 heavy (non-hydrogen) atoms. The summed E-state index contributed by atoms with van der Waals surface area (Å²) < 4.78 is 1.64. The Morgan fingerprint density at radius 2 is 1.83 bits per heavy atom. The second kappa shape index (κ2) is 7.01. The van der Waals surface area contributed by atoms with Crippen LogP contribution in [0.15, 0.2) is 27.1 Å². The fourth-order valence-electron chi connectivity index (χ4n) is 3.21. The Hall–Kier alpha value is -0.760. The molecule has 0 spiro atoms. The van der Waals surface area contributed by atoms with Crippen molar-refractivity contribution in [3.8, 4) is 0 Å². The highest BCUT2D eigenvalue weighted by Gasteiger charge is 2.43. The molecule has 2 amide bonds. The van der Waals surface area contributed by atoms with Gasteiger partial charge in [-0.2, -0.15) is 0 Å². The number of hydrogen-bond donors (Lipinski definition) is 0. The van der Waals surface area contributed by atoms with Gasteiger partial charge in [-0.15, -0.1) is 0 Å². The van der Waals surface area contributed by atoms with E-state index in [2.05, 4.69) is 48.6 Å². The van der Waals surface area contributed by atoms with Gasteiger partial charge in [0, 0.05) is 35.1 Å². The molecular formula is C16H19Br2N3O2. The lowest BCUT2D eigenvalue weighted by Crippen LogP contribution is -2.52. The van der Waals surface area contributed by atoms with Gasteiger partial charge in [-0.25, -0.2) is 4.90 Å². The quantitative estimate of drug-likeness (QED) is 0.672. The number of piperazine rings is 1. The maximum Gasteiger partial charge on any atom is 0.251 e. The number of benzene rings is 1. The molecule has 2 saturated heterocycles. The van der Waals surface area contributed by atoms with Crippen LogP contribution < -0.4 is 4.90 Å². The summed E-state index contributed by atoms with van der Waals surface area (Å²) in [4.78, 5) is 31.1. The van der Waals surface area contributed by atoms with Gasteiger partial charge in [0.25, 0.3) is 5.91 Å². The van der Waals surface area contributed by atoms with Crippen LogP contribution in [0.5, 0.6) is 0 Å². The van der Waals surface area contributed by atoms with E-state index in [0.29, 0.717) is 5.69 Å². The number of hydrogen-bond acceptors (Lipinski definition) is 4. The molecule has 0 bridgehead atoms. The van der Waals surface area contributed by atoms with Crippen LogP contribution in [0.4, 0.5) is 5.69 Å². The minimum atomic E-state index is -0.322. The number of amides is 2. The standard InChI is InChI=1S/C16H19Br2N3O2/c1-2-19-5-7-20(8-6-19)14-10-15(22)21(16(14)23)13-4-3-11(17)9-12(13)18/h3-4,9,14H,2,5-8,10H2,1H3. The summed E-state index contributed by atoms with van der Waals surface area (Å²) in [5.41, 5.74) is 0.623. The summed E-state index contributed by atoms with van der Waals surface area (Å²) in [7, 11) is 0. The number of halogens is 2. The maximum absolute atomic E-state index is 12.8. The third-order valence-corrected chi connectivity index (χ3v) is 5.70. The molecule has 0 aliphatic carbocycles. The SMILES string of the molecule is CCN1CCN(C2CC(=O)N(c3ccc(Br)cc3Br)C2=O)CC1. The van der Waals surface area contributed by atoms with E-state index in [9.17, 15) is 9.59 Å². The molecule has 2 aliphatic heterocycles. The molecule has 124 valence electrons. The van der Waals surface area contributed by atoms with Gasteiger partial charge in [-0.3, -0.25) is 14.5 Å². The average Bonchev–Trinajstić information content (AvgIpc) is 2.83. The van der Waals surface area contributed by atoms with Crippen molar-refractivity contribution in [3.05, 3.63) is 27.1 Å². The molecule has 7 heteroatoms. The Balaban J connectivity index is 1.78. The van der Waals surface area contributed by atoms with Crippen LogP contribution in [0.25, 0.3) is 0 Å². The zero-order valence-electron chi connectivity index (χ0n) is 13.0. The molecule has 0 N–H and O–H groups in total. The molecule has 0 saturated carbocycles. The lowest BCUT2D eigenvalue weighted by atomic mass is 10.1. The summed E-state index contributed by atoms with van der Waals surface area (Å²) in [5.74, 6) is -0.232. The number of carbonyl (C=O) groups is 2. The molecule has 1 atom stereocenters. The van der Waals surface area contributed by atoms with Crippen LogP contribution in [-0.4, -0.2) is 60.4 Å². The van der Waals surface area contributed by atoms with Gasteiger partial charge in [0.1, 0.15) is 0 Å². The summed E-state index contributed by atoms with van der Waals surface area (Å²) in [5, 5.41) is 0. The molecule has 1 aromatic carbocycles. The highest BCUT2D eigenvalue weighted by atomic mass is 79.9. The lowest BCUT2D eigenvalue weighted by molar-refractivity contribution is -0.123. The minimum Gasteiger partial charge on any atom is -0.301 e. The topological polar surface area (TPSA) is 43.9 Å². The van der Waals surface area contributed by atoms with Crippen molar-refractivity contribution in [2.45, 2.75) is 19.4 Å². The zero-order valence-corrected chi connectivity index (χ0v) is 16.1. The second-order valence-corrected chi connectivity index (χ2v) is 7.62. The Labute approximate surface area is 152 Å². The summed E-state index contributed by atoms with van der Waals surface area (Å²) in [6, 6.07) is 5.16. The van der Waals surface area contributed by atoms with Crippen LogP contribution in [0.1, 0.15) is 13.3 Å². The average molecular weight is 445 g/mol. The molecule has 5 nitrogen and oxygen atoms in total. The van der Waals surface area contributed by atoms with Gasteiger partial charge in [0.05, 0.1) is 18.2 Å². The molecule has 2 aliphatic rings. The predicted molar refractivity (Wildman–Crippen MR) is 96.4 cm³/mol. The number of rotatable bonds is 3. The zero-order chi connectivity index (χ0) is 16.6. The van der Waals surface area contributed by atoms with Gasteiger partial charge in [-0.1, -0.05) is 22.9 Å². The van der Waals surface area contributed by atoms with E-state index >= 15 is 0 Å². The van der Waals surface area contributed by atoms with Gasteiger partial charge in [0.15, 0.2) is 0 Å². The highest BCUT2D eigenvalue weighted by Crippen LogP contribution is 2.33. The fourth-order valence-corrected chi connectivity index (χ4v) is 4.43. The third kappa shape index (κ3) is 3.38.